The average Bonchev–Trinajstić information content (AvgIpc) is 2.46. The van der Waals surface area contributed by atoms with E-state index in [4.69, 9.17) is 4.74 Å². The topological polar surface area (TPSA) is 102 Å². The van der Waals surface area contributed by atoms with E-state index in [1.54, 1.807) is 0 Å². The molecule has 0 atom stereocenters. The molecule has 21 heavy (non-hydrogen) atoms. The summed E-state index contributed by atoms with van der Waals surface area (Å²) in [6.45, 7) is 2.83. The number of nitrogens with one attached hydrogen (secondary N) is 1. The second-order valence-electron chi connectivity index (χ2n) is 4.21. The maximum absolute atomic E-state index is 12.3. The maximum atomic E-state index is 12.3. The molecule has 0 saturated heterocycles. The third-order valence-corrected chi connectivity index (χ3v) is 4.75. The molecule has 0 spiro atoms. The normalized spacial score (nSPS) is 11.6. The number of benzene rings is 1. The summed E-state index contributed by atoms with van der Waals surface area (Å²) in [6, 6.07) is 3.66. The van der Waals surface area contributed by atoms with Crippen LogP contribution in [0.2, 0.25) is 0 Å². The van der Waals surface area contributed by atoms with E-state index >= 15 is 0 Å². The molecular formula is C12H19N3O5S. The quantitative estimate of drug-likeness (QED) is 0.440. The molecule has 1 N–H and O–H groups in total. The zero-order chi connectivity index (χ0) is 16.0. The minimum Gasteiger partial charge on any atom is -0.383 e. The smallest absolute Gasteiger partial charge is 0.292 e. The van der Waals surface area contributed by atoms with Crippen molar-refractivity contribution in [3.63, 3.8) is 0 Å². The number of anilines is 1. The van der Waals surface area contributed by atoms with Gasteiger partial charge in [0.25, 0.3) is 5.69 Å². The van der Waals surface area contributed by atoms with Crippen LogP contribution in [0, 0.1) is 10.1 Å². The molecule has 0 aromatic heterocycles. The van der Waals surface area contributed by atoms with Crippen LogP contribution >= 0.6 is 0 Å². The average molecular weight is 317 g/mol. The van der Waals surface area contributed by atoms with Crippen molar-refractivity contribution in [1.29, 1.82) is 0 Å². The van der Waals surface area contributed by atoms with E-state index in [-0.39, 0.29) is 29.4 Å². The molecule has 0 aliphatic carbocycles. The van der Waals surface area contributed by atoms with Gasteiger partial charge in [0, 0.05) is 33.3 Å². The molecule has 0 fully saturated rings. The second-order valence-corrected chi connectivity index (χ2v) is 6.25. The molecule has 0 heterocycles. The Hall–Kier alpha value is -1.71. The van der Waals surface area contributed by atoms with Crippen LogP contribution in [0.5, 0.6) is 0 Å². The molecule has 0 radical (unpaired) electrons. The second kappa shape index (κ2) is 7.34. The summed E-state index contributed by atoms with van der Waals surface area (Å²) in [6.07, 6.45) is 0. The molecule has 0 bridgehead atoms. The van der Waals surface area contributed by atoms with Gasteiger partial charge in [-0.15, -0.1) is 0 Å². The predicted molar refractivity (Wildman–Crippen MR) is 79.0 cm³/mol. The Bertz CT molecular complexity index is 603. The van der Waals surface area contributed by atoms with Crippen LogP contribution in [0.25, 0.3) is 0 Å². The van der Waals surface area contributed by atoms with Gasteiger partial charge in [0.2, 0.25) is 10.0 Å². The van der Waals surface area contributed by atoms with Gasteiger partial charge in [-0.25, -0.2) is 8.42 Å². The first kappa shape index (κ1) is 17.3. The summed E-state index contributed by atoms with van der Waals surface area (Å²) in [5.74, 6) is 0. The Morgan fingerprint density at radius 1 is 1.43 bits per heavy atom. The fourth-order valence-electron chi connectivity index (χ4n) is 1.67. The highest BCUT2D eigenvalue weighted by Gasteiger charge is 2.23. The fourth-order valence-corrected chi connectivity index (χ4v) is 2.85. The number of nitro groups is 1. The van der Waals surface area contributed by atoms with E-state index in [0.29, 0.717) is 6.61 Å². The van der Waals surface area contributed by atoms with Crippen LogP contribution < -0.4 is 5.32 Å². The minimum absolute atomic E-state index is 0.00329. The zero-order valence-electron chi connectivity index (χ0n) is 12.2. The molecular weight excluding hydrogens is 298 g/mol. The third-order valence-electron chi connectivity index (χ3n) is 2.90. The van der Waals surface area contributed by atoms with E-state index in [2.05, 4.69) is 5.32 Å². The number of nitro benzene ring substituents is 1. The molecule has 1 aromatic rings. The van der Waals surface area contributed by atoms with Crippen LogP contribution in [-0.2, 0) is 14.8 Å². The lowest BCUT2D eigenvalue weighted by Crippen LogP contribution is -2.30. The Kier molecular flexibility index (Phi) is 6.06. The SMILES string of the molecule is CCOCCN(C)S(=O)(=O)c1ccc([N+](=O)[O-])c(NC)c1. The van der Waals surface area contributed by atoms with Gasteiger partial charge in [0.05, 0.1) is 16.4 Å². The molecule has 1 rings (SSSR count). The van der Waals surface area contributed by atoms with Crippen LogP contribution in [0.4, 0.5) is 11.4 Å². The van der Waals surface area contributed by atoms with E-state index in [1.807, 2.05) is 6.92 Å². The van der Waals surface area contributed by atoms with Crippen molar-refractivity contribution in [2.24, 2.45) is 0 Å². The van der Waals surface area contributed by atoms with Crippen molar-refractivity contribution in [1.82, 2.24) is 4.31 Å². The molecule has 0 amide bonds. The first-order chi connectivity index (χ1) is 9.84. The van der Waals surface area contributed by atoms with Gasteiger partial charge >= 0.3 is 0 Å². The largest absolute Gasteiger partial charge is 0.383 e. The van der Waals surface area contributed by atoms with E-state index in [0.717, 1.165) is 4.31 Å². The van der Waals surface area contributed by atoms with Crippen molar-refractivity contribution in [2.75, 3.05) is 39.2 Å². The minimum atomic E-state index is -3.70. The van der Waals surface area contributed by atoms with Crippen LogP contribution in [0.15, 0.2) is 23.1 Å². The summed E-state index contributed by atoms with van der Waals surface area (Å²) in [4.78, 5) is 10.3. The van der Waals surface area contributed by atoms with Gasteiger partial charge in [-0.2, -0.15) is 4.31 Å². The molecule has 1 aromatic carbocycles. The van der Waals surface area contributed by atoms with Crippen LogP contribution in [-0.4, -0.2) is 51.5 Å². The first-order valence-corrected chi connectivity index (χ1v) is 7.78. The third kappa shape index (κ3) is 4.13. The zero-order valence-corrected chi connectivity index (χ0v) is 13.0. The molecule has 118 valence electrons. The lowest BCUT2D eigenvalue weighted by atomic mass is 10.3. The fraction of sp³-hybridized carbons (Fsp3) is 0.500. The molecule has 8 nitrogen and oxygen atoms in total. The molecule has 0 saturated carbocycles. The van der Waals surface area contributed by atoms with Crippen molar-refractivity contribution in [2.45, 2.75) is 11.8 Å². The van der Waals surface area contributed by atoms with Gasteiger partial charge in [0.15, 0.2) is 0 Å². The number of sulfonamides is 1. The predicted octanol–water partition coefficient (Wildman–Crippen LogP) is 1.29. The summed E-state index contributed by atoms with van der Waals surface area (Å²) >= 11 is 0. The lowest BCUT2D eigenvalue weighted by molar-refractivity contribution is -0.384. The number of hydrogen-bond acceptors (Lipinski definition) is 6. The van der Waals surface area contributed by atoms with Gasteiger partial charge in [-0.1, -0.05) is 0 Å². The standard InChI is InChI=1S/C12H19N3O5S/c1-4-20-8-7-14(3)21(18,19)10-5-6-12(15(16)17)11(9-10)13-2/h5-6,9,13H,4,7-8H2,1-3H3. The van der Waals surface area contributed by atoms with E-state index < -0.39 is 14.9 Å². The van der Waals surface area contributed by atoms with Crippen molar-refractivity contribution in [3.8, 4) is 0 Å². The Morgan fingerprint density at radius 3 is 2.62 bits per heavy atom. The maximum Gasteiger partial charge on any atom is 0.292 e. The Balaban J connectivity index is 3.06. The van der Waals surface area contributed by atoms with Crippen molar-refractivity contribution >= 4 is 21.4 Å². The summed E-state index contributed by atoms with van der Waals surface area (Å²) in [5.41, 5.74) is -0.0206. The number of likely N-dealkylation sites (N-methyl/N-ethyl adjacent to an activating group) is 1. The summed E-state index contributed by atoms with van der Waals surface area (Å²) in [7, 11) is -0.767. The van der Waals surface area contributed by atoms with Gasteiger partial charge < -0.3 is 10.1 Å². The molecule has 0 aliphatic heterocycles. The highest BCUT2D eigenvalue weighted by molar-refractivity contribution is 7.89. The van der Waals surface area contributed by atoms with Crippen LogP contribution in [0.1, 0.15) is 6.92 Å². The monoisotopic (exact) mass is 317 g/mol. The number of ether oxygens (including phenoxy) is 1. The van der Waals surface area contributed by atoms with Crippen molar-refractivity contribution in [3.05, 3.63) is 28.3 Å². The van der Waals surface area contributed by atoms with E-state index in [1.165, 1.54) is 32.3 Å². The number of rotatable bonds is 8. The van der Waals surface area contributed by atoms with Gasteiger partial charge in [-0.3, -0.25) is 10.1 Å². The van der Waals surface area contributed by atoms with Gasteiger partial charge in [0.1, 0.15) is 5.69 Å². The number of hydrogen-bond donors (Lipinski definition) is 1. The summed E-state index contributed by atoms with van der Waals surface area (Å²) < 4.78 is 31.0. The highest BCUT2D eigenvalue weighted by Crippen LogP contribution is 2.28. The van der Waals surface area contributed by atoms with E-state index in [9.17, 15) is 18.5 Å². The molecule has 9 heteroatoms. The molecule has 0 aliphatic rings. The lowest BCUT2D eigenvalue weighted by Gasteiger charge is -2.17. The first-order valence-electron chi connectivity index (χ1n) is 6.34. The molecule has 0 unspecified atom stereocenters. The number of nitrogens with zero attached hydrogens (tertiary/aromatic N) is 2. The van der Waals surface area contributed by atoms with Crippen LogP contribution in [0.3, 0.4) is 0 Å². The van der Waals surface area contributed by atoms with Gasteiger partial charge in [-0.05, 0) is 19.1 Å². The Morgan fingerprint density at radius 2 is 2.10 bits per heavy atom. The Labute approximate surface area is 123 Å². The summed E-state index contributed by atoms with van der Waals surface area (Å²) in [5, 5.41) is 13.5. The van der Waals surface area contributed by atoms with Crippen molar-refractivity contribution < 1.29 is 18.1 Å². The highest BCUT2D eigenvalue weighted by atomic mass is 32.2.